The van der Waals surface area contributed by atoms with Crippen molar-refractivity contribution in [1.82, 2.24) is 0 Å². The molecule has 1 unspecified atom stereocenters. The predicted molar refractivity (Wildman–Crippen MR) is 45.6 cm³/mol. The highest BCUT2D eigenvalue weighted by Gasteiger charge is 2.02. The molecule has 1 atom stereocenters. The lowest BCUT2D eigenvalue weighted by atomic mass is 10.0. The molecule has 0 saturated carbocycles. The van der Waals surface area contributed by atoms with Crippen molar-refractivity contribution in [2.45, 2.75) is 26.2 Å². The van der Waals surface area contributed by atoms with Crippen LogP contribution in [0.3, 0.4) is 0 Å². The molecule has 0 saturated heterocycles. The highest BCUT2D eigenvalue weighted by Crippen LogP contribution is 2.11. The van der Waals surface area contributed by atoms with E-state index in [0.29, 0.717) is 5.92 Å². The number of hydrogen-bond acceptors (Lipinski definition) is 1. The van der Waals surface area contributed by atoms with Crippen molar-refractivity contribution in [3.8, 4) is 0 Å². The van der Waals surface area contributed by atoms with E-state index < -0.39 is 0 Å². The zero-order chi connectivity index (χ0) is 7.82. The van der Waals surface area contributed by atoms with E-state index in [2.05, 4.69) is 6.92 Å². The van der Waals surface area contributed by atoms with E-state index in [1.807, 2.05) is 0 Å². The molecule has 0 aromatic carbocycles. The van der Waals surface area contributed by atoms with E-state index in [-0.39, 0.29) is 0 Å². The average Bonchev–Trinajstić information content (AvgIpc) is 1.99. The minimum absolute atomic E-state index is 0.691. The fraction of sp³-hybridized carbons (Fsp3) is 1.00. The van der Waals surface area contributed by atoms with E-state index in [9.17, 15) is 0 Å². The minimum Gasteiger partial charge on any atom is -0.385 e. The van der Waals surface area contributed by atoms with Crippen molar-refractivity contribution in [3.05, 3.63) is 0 Å². The normalized spacial score (nSPS) is 13.5. The molecule has 0 heterocycles. The smallest absolute Gasteiger partial charge is 0.0462 e. The molecule has 0 N–H and O–H groups in total. The molecule has 1 nitrogen and oxygen atoms in total. The molecule has 10 heavy (non-hydrogen) atoms. The van der Waals surface area contributed by atoms with Gasteiger partial charge in [0.2, 0.25) is 0 Å². The van der Waals surface area contributed by atoms with Gasteiger partial charge in [-0.15, -0.1) is 11.6 Å². The molecular formula is C8H17ClO. The summed E-state index contributed by atoms with van der Waals surface area (Å²) in [7, 11) is 1.74. The molecule has 0 aliphatic heterocycles. The van der Waals surface area contributed by atoms with Gasteiger partial charge in [0, 0.05) is 19.6 Å². The maximum absolute atomic E-state index is 5.71. The zero-order valence-corrected chi connectivity index (χ0v) is 7.66. The lowest BCUT2D eigenvalue weighted by Crippen LogP contribution is -2.02. The Hall–Kier alpha value is 0.250. The van der Waals surface area contributed by atoms with Gasteiger partial charge in [0.15, 0.2) is 0 Å². The Kier molecular flexibility index (Phi) is 7.54. The zero-order valence-electron chi connectivity index (χ0n) is 6.90. The molecule has 0 aromatic heterocycles. The first kappa shape index (κ1) is 10.2. The standard InChI is InChI=1S/C8H17ClO/c1-3-8(7-9)5-4-6-10-2/h8H,3-7H2,1-2H3. The first-order valence-electron chi connectivity index (χ1n) is 3.90. The Morgan fingerprint density at radius 1 is 1.50 bits per heavy atom. The summed E-state index contributed by atoms with van der Waals surface area (Å²) >= 11 is 5.71. The van der Waals surface area contributed by atoms with Gasteiger partial charge in [0.25, 0.3) is 0 Å². The lowest BCUT2D eigenvalue weighted by molar-refractivity contribution is 0.187. The summed E-state index contributed by atoms with van der Waals surface area (Å²) in [5.74, 6) is 1.48. The van der Waals surface area contributed by atoms with E-state index in [1.165, 1.54) is 12.8 Å². The van der Waals surface area contributed by atoms with Crippen molar-refractivity contribution < 1.29 is 4.74 Å². The van der Waals surface area contributed by atoms with Gasteiger partial charge in [0.1, 0.15) is 0 Å². The van der Waals surface area contributed by atoms with Crippen LogP contribution in [0.1, 0.15) is 26.2 Å². The van der Waals surface area contributed by atoms with Gasteiger partial charge < -0.3 is 4.74 Å². The number of halogens is 1. The van der Waals surface area contributed by atoms with Crippen LogP contribution in [-0.4, -0.2) is 19.6 Å². The van der Waals surface area contributed by atoms with E-state index in [0.717, 1.165) is 18.9 Å². The molecule has 0 bridgehead atoms. The van der Waals surface area contributed by atoms with Crippen molar-refractivity contribution in [3.63, 3.8) is 0 Å². The molecule has 0 amide bonds. The third kappa shape index (κ3) is 5.07. The quantitative estimate of drug-likeness (QED) is 0.433. The van der Waals surface area contributed by atoms with Crippen molar-refractivity contribution in [2.75, 3.05) is 19.6 Å². The summed E-state index contributed by atoms with van der Waals surface area (Å²) in [5.41, 5.74) is 0. The number of rotatable bonds is 6. The Bertz CT molecular complexity index is 62.3. The van der Waals surface area contributed by atoms with Gasteiger partial charge in [-0.05, 0) is 18.8 Å². The summed E-state index contributed by atoms with van der Waals surface area (Å²) in [6, 6.07) is 0. The van der Waals surface area contributed by atoms with Crippen LogP contribution in [0.4, 0.5) is 0 Å². The summed E-state index contributed by atoms with van der Waals surface area (Å²) in [6.07, 6.45) is 3.53. The number of alkyl halides is 1. The molecule has 0 rings (SSSR count). The van der Waals surface area contributed by atoms with Crippen molar-refractivity contribution >= 4 is 11.6 Å². The first-order valence-corrected chi connectivity index (χ1v) is 4.43. The SMILES string of the molecule is CCC(CCl)CCCOC. The molecule has 0 radical (unpaired) electrons. The van der Waals surface area contributed by atoms with E-state index in [1.54, 1.807) is 7.11 Å². The Morgan fingerprint density at radius 3 is 2.60 bits per heavy atom. The van der Waals surface area contributed by atoms with Crippen LogP contribution in [-0.2, 0) is 4.74 Å². The van der Waals surface area contributed by atoms with Crippen LogP contribution >= 0.6 is 11.6 Å². The lowest BCUT2D eigenvalue weighted by Gasteiger charge is -2.09. The molecule has 0 fully saturated rings. The molecule has 0 spiro atoms. The van der Waals surface area contributed by atoms with Gasteiger partial charge in [-0.1, -0.05) is 13.3 Å². The number of methoxy groups -OCH3 is 1. The fourth-order valence-corrected chi connectivity index (χ4v) is 1.28. The summed E-state index contributed by atoms with van der Waals surface area (Å²) in [4.78, 5) is 0. The second kappa shape index (κ2) is 7.36. The monoisotopic (exact) mass is 164 g/mol. The van der Waals surface area contributed by atoms with Gasteiger partial charge >= 0.3 is 0 Å². The predicted octanol–water partition coefficient (Wildman–Crippen LogP) is 2.68. The Balaban J connectivity index is 3.09. The first-order chi connectivity index (χ1) is 4.85. The number of ether oxygens (including phenoxy) is 1. The van der Waals surface area contributed by atoms with E-state index in [4.69, 9.17) is 16.3 Å². The largest absolute Gasteiger partial charge is 0.385 e. The Labute approximate surface area is 68.7 Å². The Morgan fingerprint density at radius 2 is 2.20 bits per heavy atom. The number of hydrogen-bond donors (Lipinski definition) is 0. The molecule has 0 aliphatic carbocycles. The van der Waals surface area contributed by atoms with Gasteiger partial charge in [0.05, 0.1) is 0 Å². The average molecular weight is 165 g/mol. The molecule has 2 heteroatoms. The van der Waals surface area contributed by atoms with E-state index >= 15 is 0 Å². The van der Waals surface area contributed by atoms with Gasteiger partial charge in [-0.2, -0.15) is 0 Å². The van der Waals surface area contributed by atoms with Crippen LogP contribution in [0, 0.1) is 5.92 Å². The molecule has 62 valence electrons. The minimum atomic E-state index is 0.691. The highest BCUT2D eigenvalue weighted by atomic mass is 35.5. The fourth-order valence-electron chi connectivity index (χ4n) is 0.907. The molecule has 0 aliphatic rings. The van der Waals surface area contributed by atoms with Crippen LogP contribution in [0.5, 0.6) is 0 Å². The molecular weight excluding hydrogens is 148 g/mol. The van der Waals surface area contributed by atoms with Crippen LogP contribution in [0.15, 0.2) is 0 Å². The second-order valence-corrected chi connectivity index (χ2v) is 2.87. The third-order valence-electron chi connectivity index (χ3n) is 1.76. The highest BCUT2D eigenvalue weighted by molar-refractivity contribution is 6.18. The second-order valence-electron chi connectivity index (χ2n) is 2.56. The van der Waals surface area contributed by atoms with Crippen LogP contribution in [0.2, 0.25) is 0 Å². The van der Waals surface area contributed by atoms with Gasteiger partial charge in [-0.3, -0.25) is 0 Å². The van der Waals surface area contributed by atoms with Crippen LogP contribution in [0.25, 0.3) is 0 Å². The third-order valence-corrected chi connectivity index (χ3v) is 2.19. The topological polar surface area (TPSA) is 9.23 Å². The summed E-state index contributed by atoms with van der Waals surface area (Å²) < 4.78 is 4.94. The van der Waals surface area contributed by atoms with Crippen molar-refractivity contribution in [2.24, 2.45) is 5.92 Å². The summed E-state index contributed by atoms with van der Waals surface area (Å²) in [6.45, 7) is 3.05. The maximum atomic E-state index is 5.71. The maximum Gasteiger partial charge on any atom is 0.0462 e. The molecule has 0 aromatic rings. The van der Waals surface area contributed by atoms with Gasteiger partial charge in [-0.25, -0.2) is 0 Å². The van der Waals surface area contributed by atoms with Crippen LogP contribution < -0.4 is 0 Å². The summed E-state index contributed by atoms with van der Waals surface area (Å²) in [5, 5.41) is 0. The van der Waals surface area contributed by atoms with Crippen molar-refractivity contribution in [1.29, 1.82) is 0 Å².